The smallest absolute Gasteiger partial charge is 0.184 e. The van der Waals surface area contributed by atoms with E-state index in [-0.39, 0.29) is 0 Å². The molecule has 6 heteroatoms. The van der Waals surface area contributed by atoms with Crippen LogP contribution in [-0.2, 0) is 6.54 Å². The molecule has 1 aliphatic rings. The van der Waals surface area contributed by atoms with Gasteiger partial charge in [0.05, 0.1) is 6.54 Å². The average Bonchev–Trinajstić information content (AvgIpc) is 3.01. The predicted molar refractivity (Wildman–Crippen MR) is 74.6 cm³/mol. The molecule has 0 aliphatic heterocycles. The van der Waals surface area contributed by atoms with Gasteiger partial charge in [-0.3, -0.25) is 0 Å². The van der Waals surface area contributed by atoms with E-state index >= 15 is 0 Å². The molecular weight excluding hydrogens is 262 g/mol. The van der Waals surface area contributed by atoms with Gasteiger partial charge < -0.3 is 5.73 Å². The Labute approximate surface area is 116 Å². The summed E-state index contributed by atoms with van der Waals surface area (Å²) in [6.45, 7) is 3.07. The van der Waals surface area contributed by atoms with Gasteiger partial charge in [-0.05, 0) is 53.3 Å². The zero-order valence-electron chi connectivity index (χ0n) is 10.8. The Balaban J connectivity index is 1.95. The summed E-state index contributed by atoms with van der Waals surface area (Å²) in [6, 6.07) is 5.40. The van der Waals surface area contributed by atoms with Crippen molar-refractivity contribution in [2.75, 3.05) is 5.73 Å². The number of halogens is 1. The maximum atomic E-state index is 6.00. The highest BCUT2D eigenvalue weighted by Gasteiger charge is 2.41. The number of aromatic nitrogens is 4. The van der Waals surface area contributed by atoms with E-state index in [0.717, 1.165) is 18.5 Å². The number of benzene rings is 1. The van der Waals surface area contributed by atoms with Crippen molar-refractivity contribution in [2.24, 2.45) is 5.41 Å². The van der Waals surface area contributed by atoms with Crippen LogP contribution in [0.5, 0.6) is 0 Å². The molecule has 1 aromatic carbocycles. The van der Waals surface area contributed by atoms with Crippen LogP contribution >= 0.6 is 11.6 Å². The number of nitrogens with two attached hydrogens (primary N) is 1. The second kappa shape index (κ2) is 4.49. The van der Waals surface area contributed by atoms with Crippen LogP contribution in [0.1, 0.15) is 26.2 Å². The molecule has 1 heterocycles. The van der Waals surface area contributed by atoms with Gasteiger partial charge in [0.2, 0.25) is 0 Å². The molecule has 0 amide bonds. The van der Waals surface area contributed by atoms with Gasteiger partial charge >= 0.3 is 0 Å². The molecule has 0 saturated heterocycles. The minimum atomic E-state index is 0.380. The molecule has 100 valence electrons. The van der Waals surface area contributed by atoms with Gasteiger partial charge in [0.1, 0.15) is 0 Å². The quantitative estimate of drug-likeness (QED) is 0.873. The monoisotopic (exact) mass is 277 g/mol. The van der Waals surface area contributed by atoms with Crippen LogP contribution in [0.4, 0.5) is 5.69 Å². The molecule has 1 fully saturated rings. The summed E-state index contributed by atoms with van der Waals surface area (Å²) in [6.07, 6.45) is 3.65. The molecule has 0 spiro atoms. The fourth-order valence-corrected chi connectivity index (χ4v) is 2.54. The summed E-state index contributed by atoms with van der Waals surface area (Å²) in [5.74, 6) is 0.717. The van der Waals surface area contributed by atoms with Gasteiger partial charge in [-0.15, -0.1) is 5.10 Å². The lowest BCUT2D eigenvalue weighted by molar-refractivity contribution is 0.382. The van der Waals surface area contributed by atoms with E-state index in [9.17, 15) is 0 Å². The first-order chi connectivity index (χ1) is 9.13. The van der Waals surface area contributed by atoms with Crippen LogP contribution in [0.2, 0.25) is 5.02 Å². The number of nitrogen functional groups attached to an aromatic ring is 1. The van der Waals surface area contributed by atoms with Gasteiger partial charge in [-0.1, -0.05) is 18.5 Å². The molecule has 1 aromatic heterocycles. The van der Waals surface area contributed by atoms with Crippen LogP contribution in [0.15, 0.2) is 18.2 Å². The van der Waals surface area contributed by atoms with Crippen LogP contribution in [0.25, 0.3) is 11.4 Å². The Hall–Kier alpha value is -1.62. The van der Waals surface area contributed by atoms with Gasteiger partial charge in [0.15, 0.2) is 5.82 Å². The third-order valence-electron chi connectivity index (χ3n) is 3.98. The molecule has 0 unspecified atom stereocenters. The summed E-state index contributed by atoms with van der Waals surface area (Å²) >= 11 is 5.92. The average molecular weight is 278 g/mol. The summed E-state index contributed by atoms with van der Waals surface area (Å²) in [4.78, 5) is 0. The Bertz CT molecular complexity index is 603. The fraction of sp³-hybridized carbons (Fsp3) is 0.462. The lowest BCUT2D eigenvalue weighted by Gasteiger charge is -2.13. The molecule has 1 aliphatic carbocycles. The zero-order chi connectivity index (χ0) is 13.5. The molecule has 3 rings (SSSR count). The van der Waals surface area contributed by atoms with Crippen LogP contribution in [-0.4, -0.2) is 20.2 Å². The maximum absolute atomic E-state index is 6.00. The van der Waals surface area contributed by atoms with E-state index in [0.29, 0.717) is 21.9 Å². The first-order valence-electron chi connectivity index (χ1n) is 6.45. The first-order valence-corrected chi connectivity index (χ1v) is 6.83. The van der Waals surface area contributed by atoms with Crippen LogP contribution in [0.3, 0.4) is 0 Å². The van der Waals surface area contributed by atoms with Gasteiger partial charge in [0.25, 0.3) is 0 Å². The second-order valence-corrected chi connectivity index (χ2v) is 5.68. The molecule has 5 nitrogen and oxygen atoms in total. The molecule has 0 bridgehead atoms. The molecule has 1 saturated carbocycles. The summed E-state index contributed by atoms with van der Waals surface area (Å²) in [7, 11) is 0. The third kappa shape index (κ3) is 2.30. The lowest BCUT2D eigenvalue weighted by atomic mass is 10.0. The normalized spacial score (nSPS) is 16.5. The van der Waals surface area contributed by atoms with E-state index in [1.165, 1.54) is 12.8 Å². The number of hydrogen-bond acceptors (Lipinski definition) is 4. The lowest BCUT2D eigenvalue weighted by Crippen LogP contribution is -2.13. The first kappa shape index (κ1) is 12.4. The number of tetrazole rings is 1. The largest absolute Gasteiger partial charge is 0.398 e. The molecular formula is C13H16ClN5. The second-order valence-electron chi connectivity index (χ2n) is 5.25. The number of anilines is 1. The molecule has 0 atom stereocenters. The standard InChI is InChI=1S/C13H16ClN5/c1-2-13(5-6-13)8-19-12(16-17-18-19)10-4-3-9(14)7-11(10)15/h3-4,7H,2,5-6,8,15H2,1H3. The molecule has 2 aromatic rings. The van der Waals surface area contributed by atoms with Gasteiger partial charge in [-0.2, -0.15) is 0 Å². The highest BCUT2D eigenvalue weighted by Crippen LogP contribution is 2.50. The van der Waals surface area contributed by atoms with Crippen molar-refractivity contribution < 1.29 is 0 Å². The Morgan fingerprint density at radius 2 is 2.21 bits per heavy atom. The number of rotatable bonds is 4. The van der Waals surface area contributed by atoms with Crippen molar-refractivity contribution in [3.63, 3.8) is 0 Å². The number of nitrogens with zero attached hydrogens (tertiary/aromatic N) is 4. The predicted octanol–water partition coefficient (Wildman–Crippen LogP) is 2.77. The minimum absolute atomic E-state index is 0.380. The van der Waals surface area contributed by atoms with E-state index in [1.54, 1.807) is 12.1 Å². The van der Waals surface area contributed by atoms with Crippen molar-refractivity contribution >= 4 is 17.3 Å². The molecule has 0 radical (unpaired) electrons. The van der Waals surface area contributed by atoms with E-state index in [4.69, 9.17) is 17.3 Å². The minimum Gasteiger partial charge on any atom is -0.398 e. The van der Waals surface area contributed by atoms with Crippen molar-refractivity contribution in [3.8, 4) is 11.4 Å². The van der Waals surface area contributed by atoms with E-state index in [2.05, 4.69) is 22.4 Å². The summed E-state index contributed by atoms with van der Waals surface area (Å²) < 4.78 is 1.86. The fourth-order valence-electron chi connectivity index (χ4n) is 2.36. The number of hydrogen-bond donors (Lipinski definition) is 1. The maximum Gasteiger partial charge on any atom is 0.184 e. The van der Waals surface area contributed by atoms with Crippen molar-refractivity contribution in [1.29, 1.82) is 0 Å². The van der Waals surface area contributed by atoms with Crippen LogP contribution in [0, 0.1) is 5.41 Å². The van der Waals surface area contributed by atoms with Gasteiger partial charge in [-0.25, -0.2) is 4.68 Å². The Morgan fingerprint density at radius 3 is 2.84 bits per heavy atom. The third-order valence-corrected chi connectivity index (χ3v) is 4.21. The van der Waals surface area contributed by atoms with Crippen molar-refractivity contribution in [3.05, 3.63) is 23.2 Å². The summed E-state index contributed by atoms with van der Waals surface area (Å²) in [5.41, 5.74) is 7.82. The van der Waals surface area contributed by atoms with Crippen molar-refractivity contribution in [2.45, 2.75) is 32.7 Å². The Kier molecular flexibility index (Phi) is 2.93. The Morgan fingerprint density at radius 1 is 1.42 bits per heavy atom. The topological polar surface area (TPSA) is 69.6 Å². The summed E-state index contributed by atoms with van der Waals surface area (Å²) in [5, 5.41) is 12.6. The SMILES string of the molecule is CCC1(Cn2nnnc2-c2ccc(Cl)cc2N)CC1. The molecule has 2 N–H and O–H groups in total. The zero-order valence-corrected chi connectivity index (χ0v) is 11.6. The highest BCUT2D eigenvalue weighted by molar-refractivity contribution is 6.31. The highest BCUT2D eigenvalue weighted by atomic mass is 35.5. The van der Waals surface area contributed by atoms with E-state index < -0.39 is 0 Å². The van der Waals surface area contributed by atoms with Crippen molar-refractivity contribution in [1.82, 2.24) is 20.2 Å². The van der Waals surface area contributed by atoms with Crippen LogP contribution < -0.4 is 5.73 Å². The molecule has 19 heavy (non-hydrogen) atoms. The van der Waals surface area contributed by atoms with Gasteiger partial charge in [0, 0.05) is 16.3 Å². The van der Waals surface area contributed by atoms with E-state index in [1.807, 2.05) is 10.7 Å².